The Kier molecular flexibility index (Phi) is 10.2. The first-order chi connectivity index (χ1) is 14.5. The zero-order valence-corrected chi connectivity index (χ0v) is 17.9. The van der Waals surface area contributed by atoms with Crippen LogP contribution >= 0.6 is 0 Å². The highest BCUT2D eigenvalue weighted by Gasteiger charge is 2.23. The fourth-order valence-electron chi connectivity index (χ4n) is 2.53. The highest BCUT2D eigenvalue weighted by molar-refractivity contribution is 5.92. The highest BCUT2D eigenvalue weighted by Crippen LogP contribution is 2.17. The molecule has 0 fully saturated rings. The predicted octanol–water partition coefficient (Wildman–Crippen LogP) is -0.0206. The molecule has 4 amide bonds. The fourth-order valence-corrected chi connectivity index (χ4v) is 2.53. The number of hydrogen-bond donors (Lipinski definition) is 5. The first-order valence-corrected chi connectivity index (χ1v) is 9.83. The van der Waals surface area contributed by atoms with Crippen molar-refractivity contribution in [2.75, 3.05) is 19.6 Å². The van der Waals surface area contributed by atoms with E-state index in [1.807, 2.05) is 18.2 Å². The summed E-state index contributed by atoms with van der Waals surface area (Å²) < 4.78 is 5.00. The Labute approximate surface area is 180 Å². The summed E-state index contributed by atoms with van der Waals surface area (Å²) in [6, 6.07) is -0.985. The van der Waals surface area contributed by atoms with Crippen molar-refractivity contribution in [1.82, 2.24) is 21.3 Å². The molecule has 0 aromatic heterocycles. The number of carbonyl (C=O) groups is 5. The molecular weight excluding hydrogens is 408 g/mol. The number of carboxylic acid groups (broad SMARTS) is 1. The molecule has 0 bridgehead atoms. The third-order valence-electron chi connectivity index (χ3n) is 3.87. The van der Waals surface area contributed by atoms with Crippen molar-refractivity contribution in [3.05, 3.63) is 23.8 Å². The van der Waals surface area contributed by atoms with E-state index in [-0.39, 0.29) is 13.0 Å². The standard InChI is InChI=1S/C20H30N4O7/c1-20(2,3)31-19(30)23-10-15(25)21-11-16(26)24-14(18(29)22-12-17(27)28)9-13-7-5-4-6-8-13/h4-5,7,14H,6,8-12H2,1-3H3,(H,21,25)(H,22,29)(H,23,30)(H,24,26)(H,27,28)/t14-/m0/s1. The molecule has 1 rings (SSSR count). The minimum absolute atomic E-state index is 0.218. The number of nitrogens with one attached hydrogen (secondary N) is 4. The number of carbonyl (C=O) groups excluding carboxylic acids is 4. The van der Waals surface area contributed by atoms with Crippen LogP contribution in [-0.2, 0) is 23.9 Å². The van der Waals surface area contributed by atoms with Gasteiger partial charge in [-0.3, -0.25) is 19.2 Å². The molecule has 0 saturated carbocycles. The summed E-state index contributed by atoms with van der Waals surface area (Å²) in [6.07, 6.45) is 6.66. The van der Waals surface area contributed by atoms with Crippen molar-refractivity contribution in [2.45, 2.75) is 51.7 Å². The summed E-state index contributed by atoms with van der Waals surface area (Å²) in [7, 11) is 0. The molecule has 1 aliphatic carbocycles. The number of aliphatic carboxylic acids is 1. The molecule has 31 heavy (non-hydrogen) atoms. The van der Waals surface area contributed by atoms with Gasteiger partial charge < -0.3 is 31.1 Å². The maximum atomic E-state index is 12.3. The lowest BCUT2D eigenvalue weighted by molar-refractivity contribution is -0.138. The van der Waals surface area contributed by atoms with Crippen LogP contribution in [0.15, 0.2) is 23.8 Å². The predicted molar refractivity (Wildman–Crippen MR) is 111 cm³/mol. The second-order valence-electron chi connectivity index (χ2n) is 7.86. The molecule has 0 unspecified atom stereocenters. The number of amides is 4. The number of allylic oxidation sites excluding steroid dienone is 3. The van der Waals surface area contributed by atoms with Gasteiger partial charge in [0.1, 0.15) is 24.7 Å². The van der Waals surface area contributed by atoms with E-state index in [1.54, 1.807) is 20.8 Å². The lowest BCUT2D eigenvalue weighted by Gasteiger charge is -2.21. The number of alkyl carbamates (subject to hydrolysis) is 1. The van der Waals surface area contributed by atoms with E-state index >= 15 is 0 Å². The lowest BCUT2D eigenvalue weighted by atomic mass is 9.97. The molecule has 11 nitrogen and oxygen atoms in total. The van der Waals surface area contributed by atoms with Crippen molar-refractivity contribution in [3.8, 4) is 0 Å². The van der Waals surface area contributed by atoms with Crippen molar-refractivity contribution < 1.29 is 33.8 Å². The van der Waals surface area contributed by atoms with E-state index in [4.69, 9.17) is 9.84 Å². The molecule has 5 N–H and O–H groups in total. The van der Waals surface area contributed by atoms with Crippen LogP contribution < -0.4 is 21.3 Å². The molecule has 1 atom stereocenters. The van der Waals surface area contributed by atoms with Crippen molar-refractivity contribution in [1.29, 1.82) is 0 Å². The number of rotatable bonds is 10. The number of carboxylic acids is 1. The average molecular weight is 438 g/mol. The number of hydrogen-bond acceptors (Lipinski definition) is 6. The van der Waals surface area contributed by atoms with Gasteiger partial charge in [-0.05, 0) is 40.0 Å². The maximum Gasteiger partial charge on any atom is 0.408 e. The summed E-state index contributed by atoms with van der Waals surface area (Å²) in [5, 5.41) is 18.1. The van der Waals surface area contributed by atoms with Gasteiger partial charge in [0.15, 0.2) is 0 Å². The Balaban J connectivity index is 2.53. The van der Waals surface area contributed by atoms with Gasteiger partial charge in [0, 0.05) is 0 Å². The molecule has 0 spiro atoms. The second kappa shape index (κ2) is 12.4. The largest absolute Gasteiger partial charge is 0.480 e. The van der Waals surface area contributed by atoms with Gasteiger partial charge in [0.25, 0.3) is 0 Å². The Bertz CT molecular complexity index is 753. The molecule has 0 saturated heterocycles. The molecule has 0 radical (unpaired) electrons. The van der Waals surface area contributed by atoms with E-state index < -0.39 is 54.5 Å². The smallest absolute Gasteiger partial charge is 0.408 e. The fraction of sp³-hybridized carbons (Fsp3) is 0.550. The minimum Gasteiger partial charge on any atom is -0.480 e. The zero-order chi connectivity index (χ0) is 23.4. The molecule has 0 aromatic carbocycles. The van der Waals surface area contributed by atoms with Crippen molar-refractivity contribution >= 4 is 29.8 Å². The Hall–Kier alpha value is -3.37. The number of ether oxygens (including phenoxy) is 1. The summed E-state index contributed by atoms with van der Waals surface area (Å²) >= 11 is 0. The van der Waals surface area contributed by atoms with Gasteiger partial charge in [-0.15, -0.1) is 0 Å². The van der Waals surface area contributed by atoms with Crippen LogP contribution in [0.4, 0.5) is 4.79 Å². The van der Waals surface area contributed by atoms with Gasteiger partial charge in [0.05, 0.1) is 6.54 Å². The minimum atomic E-state index is -1.21. The Morgan fingerprint density at radius 3 is 2.29 bits per heavy atom. The summed E-state index contributed by atoms with van der Waals surface area (Å²) in [5.74, 6) is -3.09. The summed E-state index contributed by atoms with van der Waals surface area (Å²) in [4.78, 5) is 58.5. The van der Waals surface area contributed by atoms with E-state index in [2.05, 4.69) is 21.3 Å². The van der Waals surface area contributed by atoms with Crippen molar-refractivity contribution in [3.63, 3.8) is 0 Å². The lowest BCUT2D eigenvalue weighted by Crippen LogP contribution is -2.51. The van der Waals surface area contributed by atoms with Crippen LogP contribution in [0.3, 0.4) is 0 Å². The van der Waals surface area contributed by atoms with Crippen LogP contribution in [0.5, 0.6) is 0 Å². The van der Waals surface area contributed by atoms with Gasteiger partial charge in [-0.1, -0.05) is 23.8 Å². The second-order valence-corrected chi connectivity index (χ2v) is 7.86. The van der Waals surface area contributed by atoms with E-state index in [0.29, 0.717) is 0 Å². The monoisotopic (exact) mass is 438 g/mol. The quantitative estimate of drug-likeness (QED) is 0.320. The third-order valence-corrected chi connectivity index (χ3v) is 3.87. The molecule has 11 heteroatoms. The van der Waals surface area contributed by atoms with Crippen LogP contribution in [0, 0.1) is 0 Å². The van der Waals surface area contributed by atoms with Crippen LogP contribution in [0.2, 0.25) is 0 Å². The van der Waals surface area contributed by atoms with Gasteiger partial charge >= 0.3 is 12.1 Å². The molecule has 0 heterocycles. The molecular formula is C20H30N4O7. The normalized spacial score (nSPS) is 14.0. The SMILES string of the molecule is CC(C)(C)OC(=O)NCC(=O)NCC(=O)N[C@@H](CC1=CC=CCC1)C(=O)NCC(=O)O. The van der Waals surface area contributed by atoms with Crippen LogP contribution in [0.25, 0.3) is 0 Å². The average Bonchev–Trinajstić information content (AvgIpc) is 2.68. The van der Waals surface area contributed by atoms with Gasteiger partial charge in [-0.25, -0.2) is 4.79 Å². The maximum absolute atomic E-state index is 12.3. The molecule has 1 aliphatic rings. The molecule has 172 valence electrons. The molecule has 0 aromatic rings. The highest BCUT2D eigenvalue weighted by atomic mass is 16.6. The van der Waals surface area contributed by atoms with Crippen LogP contribution in [-0.4, -0.2) is 66.2 Å². The summed E-state index contributed by atoms with van der Waals surface area (Å²) in [6.45, 7) is 3.66. The van der Waals surface area contributed by atoms with Crippen LogP contribution in [0.1, 0.15) is 40.0 Å². The van der Waals surface area contributed by atoms with E-state index in [1.165, 1.54) is 0 Å². The Morgan fingerprint density at radius 2 is 1.71 bits per heavy atom. The third kappa shape index (κ3) is 12.0. The first kappa shape index (κ1) is 25.7. The van der Waals surface area contributed by atoms with Gasteiger partial charge in [-0.2, -0.15) is 0 Å². The van der Waals surface area contributed by atoms with Gasteiger partial charge in [0.2, 0.25) is 17.7 Å². The summed E-state index contributed by atoms with van der Waals surface area (Å²) in [5.41, 5.74) is 0.226. The topological polar surface area (TPSA) is 163 Å². The van der Waals surface area contributed by atoms with Crippen molar-refractivity contribution in [2.24, 2.45) is 0 Å². The molecule has 0 aliphatic heterocycles. The first-order valence-electron chi connectivity index (χ1n) is 9.83. The van der Waals surface area contributed by atoms with E-state index in [9.17, 15) is 24.0 Å². The zero-order valence-electron chi connectivity index (χ0n) is 17.9. The Morgan fingerprint density at radius 1 is 1.03 bits per heavy atom. The van der Waals surface area contributed by atoms with E-state index in [0.717, 1.165) is 18.4 Å².